The van der Waals surface area contributed by atoms with Crippen LogP contribution in [-0.2, 0) is 0 Å². The Morgan fingerprint density at radius 1 is 1.24 bits per heavy atom. The topological polar surface area (TPSA) is 67.6 Å². The molecule has 2 aromatic rings. The lowest BCUT2D eigenvalue weighted by molar-refractivity contribution is 1.24. The van der Waals surface area contributed by atoms with Crippen LogP contribution in [0, 0.1) is 0 Å². The van der Waals surface area contributed by atoms with Crippen LogP contribution in [0.4, 0.5) is 5.82 Å². The largest absolute Gasteiger partial charge is 0.382 e. The summed E-state index contributed by atoms with van der Waals surface area (Å²) in [6.07, 6.45) is 3.53. The predicted octanol–water partition coefficient (Wildman–Crippen LogP) is 2.86. The number of nitrogen functional groups attached to an aromatic ring is 1. The normalized spacial score (nSPS) is 11.8. The predicted molar refractivity (Wildman–Crippen MR) is 70.3 cm³/mol. The Morgan fingerprint density at radius 3 is 3.12 bits per heavy atom. The second-order valence-corrected chi connectivity index (χ2v) is 4.95. The van der Waals surface area contributed by atoms with Gasteiger partial charge in [0.15, 0.2) is 0 Å². The van der Waals surface area contributed by atoms with Gasteiger partial charge in [-0.25, -0.2) is 9.97 Å². The van der Waals surface area contributed by atoms with Crippen LogP contribution in [0.15, 0.2) is 30.7 Å². The lowest BCUT2D eigenvalue weighted by atomic mass is 10.1. The van der Waals surface area contributed by atoms with Crippen LogP contribution < -0.4 is 5.73 Å². The van der Waals surface area contributed by atoms with Gasteiger partial charge in [-0.1, -0.05) is 18.2 Å². The van der Waals surface area contributed by atoms with Crippen molar-refractivity contribution in [2.75, 3.05) is 5.73 Å². The number of nitrogens with zero attached hydrogens (tertiary/aromatic N) is 2. The third kappa shape index (κ3) is 1.06. The molecule has 0 amide bonds. The number of anilines is 1. The molecule has 0 radical (unpaired) electrons. The highest BCUT2D eigenvalue weighted by Crippen LogP contribution is 2.40. The molecule has 0 atom stereocenters. The Labute approximate surface area is 100 Å². The van der Waals surface area contributed by atoms with Crippen LogP contribution in [-0.4, -0.2) is 15.0 Å². The Hall–Kier alpha value is -2.14. The maximum atomic E-state index is 5.88. The number of hydrogen-bond acceptors (Lipinski definition) is 4. The molecular formula is C12H8N4S. The number of nitrogens with two attached hydrogens (primary N) is 1. The molecule has 3 heterocycles. The van der Waals surface area contributed by atoms with Crippen molar-refractivity contribution < 1.29 is 0 Å². The third-order valence-electron chi connectivity index (χ3n) is 2.98. The molecule has 1 aliphatic heterocycles. The number of aromatic nitrogens is 3. The molecule has 0 unspecified atom stereocenters. The van der Waals surface area contributed by atoms with E-state index in [9.17, 15) is 0 Å². The standard InChI is InChI=1S/C12H8N4S/c13-11-10-9(15-5-16-11)8-7-3-1-2-6(7)4-14-12(8)17-10/h1-5,14H,(H2,13,15,16). The third-order valence-corrected chi connectivity index (χ3v) is 4.11. The van der Waals surface area contributed by atoms with E-state index in [1.807, 2.05) is 12.3 Å². The fraction of sp³-hybridized carbons (Fsp3) is 0. The Morgan fingerprint density at radius 2 is 2.18 bits per heavy atom. The van der Waals surface area contributed by atoms with Crippen LogP contribution in [0.2, 0.25) is 0 Å². The zero-order valence-electron chi connectivity index (χ0n) is 8.77. The molecule has 0 saturated heterocycles. The van der Waals surface area contributed by atoms with Gasteiger partial charge in [0.25, 0.3) is 0 Å². The summed E-state index contributed by atoms with van der Waals surface area (Å²) in [6.45, 7) is 0. The van der Waals surface area contributed by atoms with Crippen molar-refractivity contribution in [2.24, 2.45) is 0 Å². The summed E-state index contributed by atoms with van der Waals surface area (Å²) in [5.41, 5.74) is 9.22. The summed E-state index contributed by atoms with van der Waals surface area (Å²) in [4.78, 5) is 12.8. The minimum absolute atomic E-state index is 0.546. The van der Waals surface area contributed by atoms with Gasteiger partial charge >= 0.3 is 0 Å². The highest BCUT2D eigenvalue weighted by Gasteiger charge is 2.15. The van der Waals surface area contributed by atoms with E-state index in [0.717, 1.165) is 20.4 Å². The minimum atomic E-state index is 0.546. The van der Waals surface area contributed by atoms with E-state index in [2.05, 4.69) is 27.1 Å². The van der Waals surface area contributed by atoms with Crippen molar-refractivity contribution in [3.05, 3.63) is 30.7 Å². The van der Waals surface area contributed by atoms with Crippen LogP contribution in [0.5, 0.6) is 0 Å². The van der Waals surface area contributed by atoms with Crippen LogP contribution >= 0.6 is 11.3 Å². The lowest BCUT2D eigenvalue weighted by Gasteiger charge is -2.00. The molecule has 0 fully saturated rings. The second-order valence-electron chi connectivity index (χ2n) is 3.93. The molecule has 0 saturated carbocycles. The first-order valence-electron chi connectivity index (χ1n) is 5.23. The van der Waals surface area contributed by atoms with Gasteiger partial charge in [0.2, 0.25) is 0 Å². The molecular weight excluding hydrogens is 232 g/mol. The second kappa shape index (κ2) is 2.95. The van der Waals surface area contributed by atoms with Gasteiger partial charge in [-0.05, 0) is 11.1 Å². The molecule has 82 valence electrons. The Bertz CT molecular complexity index is 814. The van der Waals surface area contributed by atoms with E-state index in [1.165, 1.54) is 17.5 Å². The van der Waals surface area contributed by atoms with E-state index < -0.39 is 0 Å². The first kappa shape index (κ1) is 8.95. The van der Waals surface area contributed by atoms with Gasteiger partial charge in [-0.3, -0.25) is 0 Å². The summed E-state index contributed by atoms with van der Waals surface area (Å²) >= 11 is 1.60. The summed E-state index contributed by atoms with van der Waals surface area (Å²) < 4.78 is 0.951. The molecule has 5 heteroatoms. The highest BCUT2D eigenvalue weighted by molar-refractivity contribution is 7.26. The van der Waals surface area contributed by atoms with E-state index >= 15 is 0 Å². The molecule has 17 heavy (non-hydrogen) atoms. The number of rotatable bonds is 0. The molecule has 2 aromatic heterocycles. The molecule has 4 nitrogen and oxygen atoms in total. The van der Waals surface area contributed by atoms with Gasteiger partial charge in [-0.2, -0.15) is 0 Å². The first-order valence-corrected chi connectivity index (χ1v) is 6.05. The van der Waals surface area contributed by atoms with Gasteiger partial charge in [0, 0.05) is 11.6 Å². The Balaban J connectivity index is 2.34. The summed E-state index contributed by atoms with van der Waals surface area (Å²) in [5, 5.41) is 1.14. The lowest BCUT2D eigenvalue weighted by Crippen LogP contribution is -1.90. The van der Waals surface area contributed by atoms with Crippen LogP contribution in [0.1, 0.15) is 0 Å². The number of fused-ring (bicyclic) bond motifs is 5. The molecule has 0 bridgehead atoms. The van der Waals surface area contributed by atoms with Crippen molar-refractivity contribution in [1.29, 1.82) is 0 Å². The zero-order chi connectivity index (χ0) is 11.4. The number of H-pyrrole nitrogens is 1. The first-order chi connectivity index (χ1) is 8.34. The fourth-order valence-corrected chi connectivity index (χ4v) is 3.25. The smallest absolute Gasteiger partial charge is 0.144 e. The Kier molecular flexibility index (Phi) is 1.55. The molecule has 4 rings (SSSR count). The molecule has 0 aromatic carbocycles. The van der Waals surface area contributed by atoms with Crippen molar-refractivity contribution >= 4 is 37.6 Å². The van der Waals surface area contributed by atoms with Crippen molar-refractivity contribution in [1.82, 2.24) is 15.0 Å². The van der Waals surface area contributed by atoms with E-state index in [4.69, 9.17) is 5.73 Å². The van der Waals surface area contributed by atoms with E-state index in [0.29, 0.717) is 5.82 Å². The van der Waals surface area contributed by atoms with Gasteiger partial charge in [-0.15, -0.1) is 11.3 Å². The van der Waals surface area contributed by atoms with Crippen LogP contribution in [0.3, 0.4) is 0 Å². The van der Waals surface area contributed by atoms with Crippen molar-refractivity contribution in [2.45, 2.75) is 0 Å². The van der Waals surface area contributed by atoms with Crippen molar-refractivity contribution in [3.8, 4) is 11.1 Å². The van der Waals surface area contributed by atoms with Gasteiger partial charge < -0.3 is 10.7 Å². The minimum Gasteiger partial charge on any atom is -0.382 e. The summed E-state index contributed by atoms with van der Waals surface area (Å²) in [5.74, 6) is 0.546. The maximum Gasteiger partial charge on any atom is 0.144 e. The van der Waals surface area contributed by atoms with Gasteiger partial charge in [0.05, 0.1) is 10.2 Å². The molecule has 1 aliphatic carbocycles. The van der Waals surface area contributed by atoms with E-state index in [1.54, 1.807) is 11.3 Å². The monoisotopic (exact) mass is 240 g/mol. The van der Waals surface area contributed by atoms with E-state index in [-0.39, 0.29) is 0 Å². The maximum absolute atomic E-state index is 5.88. The SMILES string of the molecule is Nc1ncnc2c1sc1[nH]cc3cccc-3c12. The fourth-order valence-electron chi connectivity index (χ4n) is 2.21. The average Bonchev–Trinajstić information content (AvgIpc) is 2.91. The number of thiophene rings is 1. The number of pyridine rings is 1. The highest BCUT2D eigenvalue weighted by atomic mass is 32.1. The molecule has 3 N–H and O–H groups in total. The van der Waals surface area contributed by atoms with Crippen molar-refractivity contribution in [3.63, 3.8) is 0 Å². The van der Waals surface area contributed by atoms with Crippen LogP contribution in [0.25, 0.3) is 31.6 Å². The quantitative estimate of drug-likeness (QED) is 0.496. The summed E-state index contributed by atoms with van der Waals surface area (Å²) in [6, 6.07) is 6.24. The zero-order valence-corrected chi connectivity index (χ0v) is 9.58. The molecule has 0 spiro atoms. The summed E-state index contributed by atoms with van der Waals surface area (Å²) in [7, 11) is 0. The van der Waals surface area contributed by atoms with Gasteiger partial charge in [0.1, 0.15) is 17.0 Å². The average molecular weight is 240 g/mol. The number of hydrogen-bond donors (Lipinski definition) is 2. The molecule has 2 aliphatic rings. The number of nitrogens with one attached hydrogen (secondary N) is 1. The number of aromatic amines is 1.